The van der Waals surface area contributed by atoms with Crippen molar-refractivity contribution in [3.8, 4) is 22.6 Å². The number of hydrogen-bond donors (Lipinski definition) is 0. The van der Waals surface area contributed by atoms with E-state index in [1.807, 2.05) is 36.4 Å². The van der Waals surface area contributed by atoms with Gasteiger partial charge < -0.3 is 8.97 Å². The highest BCUT2D eigenvalue weighted by atomic mass is 32.3. The Morgan fingerprint density at radius 3 is 2.03 bits per heavy atom. The lowest BCUT2D eigenvalue weighted by Crippen LogP contribution is -2.38. The molecule has 0 aliphatic heterocycles. The summed E-state index contributed by atoms with van der Waals surface area (Å²) in [6.07, 6.45) is 1.44. The first-order chi connectivity index (χ1) is 17.1. The molecule has 2 aromatic carbocycles. The van der Waals surface area contributed by atoms with Crippen LogP contribution in [-0.4, -0.2) is 30.8 Å². The number of aromatic nitrogens is 1. The Morgan fingerprint density at radius 2 is 1.56 bits per heavy atom. The van der Waals surface area contributed by atoms with Gasteiger partial charge in [0.25, 0.3) is 5.69 Å². The summed E-state index contributed by atoms with van der Waals surface area (Å²) >= 11 is 0. The van der Waals surface area contributed by atoms with Crippen molar-refractivity contribution in [1.29, 1.82) is 0 Å². The highest BCUT2D eigenvalue weighted by Crippen LogP contribution is 2.41. The molecular weight excluding hydrogens is 488 g/mol. The third-order valence-corrected chi connectivity index (χ3v) is 5.78. The fourth-order valence-corrected chi connectivity index (χ4v) is 3.69. The Bertz CT molecular complexity index is 1480. The first-order valence-corrected chi connectivity index (χ1v) is 11.8. The predicted octanol–water partition coefficient (Wildman–Crippen LogP) is 3.98. The molecule has 0 saturated carbocycles. The standard InChI is InChI=1S/C24H19N2O4.CH4O4S/c1-16-20(24(27)18-12-7-4-8-13-18)21(19-14-9-15-30-19)23(26(28)29)22(25(16)2)17-10-5-3-6-11-17;1-5-6(2,3)4/h3-15H,1-2H3;1H3,(H,2,3,4)/q+1;/p-1. The van der Waals surface area contributed by atoms with Crippen LogP contribution in [0.25, 0.3) is 22.6 Å². The molecule has 4 rings (SSSR count). The van der Waals surface area contributed by atoms with Crippen LogP contribution < -0.4 is 4.57 Å². The molecule has 0 bridgehead atoms. The van der Waals surface area contributed by atoms with Crippen LogP contribution in [0.3, 0.4) is 0 Å². The molecule has 2 heterocycles. The van der Waals surface area contributed by atoms with E-state index in [1.54, 1.807) is 54.9 Å². The highest BCUT2D eigenvalue weighted by molar-refractivity contribution is 7.80. The Balaban J connectivity index is 0.000000538. The van der Waals surface area contributed by atoms with E-state index < -0.39 is 15.3 Å². The molecule has 0 N–H and O–H groups in total. The fraction of sp³-hybridized carbons (Fsp3) is 0.120. The maximum absolute atomic E-state index is 13.5. The smallest absolute Gasteiger partial charge is 0.352 e. The van der Waals surface area contributed by atoms with Crippen molar-refractivity contribution in [1.82, 2.24) is 0 Å². The Kier molecular flexibility index (Phi) is 8.10. The van der Waals surface area contributed by atoms with E-state index in [2.05, 4.69) is 4.18 Å². The lowest BCUT2D eigenvalue weighted by Gasteiger charge is -2.13. The van der Waals surface area contributed by atoms with Crippen LogP contribution in [0.4, 0.5) is 5.69 Å². The third kappa shape index (κ3) is 5.71. The van der Waals surface area contributed by atoms with Gasteiger partial charge in [0.05, 0.1) is 23.9 Å². The average molecular weight is 511 g/mol. The second-order valence-corrected chi connectivity index (χ2v) is 8.61. The van der Waals surface area contributed by atoms with Crippen LogP contribution in [0.1, 0.15) is 21.6 Å². The topological polar surface area (TPSA) is 144 Å². The second kappa shape index (κ2) is 11.0. The van der Waals surface area contributed by atoms with E-state index in [-0.39, 0.29) is 28.4 Å². The van der Waals surface area contributed by atoms with Crippen molar-refractivity contribution >= 4 is 21.9 Å². The zero-order chi connectivity index (χ0) is 26.5. The average Bonchev–Trinajstić information content (AvgIpc) is 3.40. The van der Waals surface area contributed by atoms with Crippen LogP contribution >= 0.6 is 0 Å². The second-order valence-electron chi connectivity index (χ2n) is 7.46. The molecule has 2 aromatic heterocycles. The number of nitrogens with zero attached hydrogens (tertiary/aromatic N) is 2. The molecule has 36 heavy (non-hydrogen) atoms. The van der Waals surface area contributed by atoms with E-state index in [4.69, 9.17) is 4.42 Å². The van der Waals surface area contributed by atoms with Gasteiger partial charge in [0, 0.05) is 12.5 Å². The van der Waals surface area contributed by atoms with E-state index in [1.165, 1.54) is 6.26 Å². The van der Waals surface area contributed by atoms with Gasteiger partial charge in [-0.15, -0.1) is 0 Å². The van der Waals surface area contributed by atoms with E-state index in [9.17, 15) is 27.9 Å². The molecule has 4 aromatic rings. The number of rotatable bonds is 6. The predicted molar refractivity (Wildman–Crippen MR) is 129 cm³/mol. The molecule has 0 aliphatic rings. The summed E-state index contributed by atoms with van der Waals surface area (Å²) in [6.45, 7) is 1.79. The minimum atomic E-state index is -4.41. The van der Waals surface area contributed by atoms with Crippen LogP contribution in [0.5, 0.6) is 0 Å². The van der Waals surface area contributed by atoms with Gasteiger partial charge in [-0.1, -0.05) is 48.5 Å². The molecular formula is C25H22N2O8S. The Morgan fingerprint density at radius 1 is 1.00 bits per heavy atom. The molecule has 0 unspecified atom stereocenters. The van der Waals surface area contributed by atoms with Crippen molar-refractivity contribution in [2.24, 2.45) is 7.05 Å². The molecule has 0 saturated heterocycles. The van der Waals surface area contributed by atoms with Crippen molar-refractivity contribution in [3.05, 3.63) is 106 Å². The Labute approximate surface area is 207 Å². The Hall–Kier alpha value is -4.19. The quantitative estimate of drug-likeness (QED) is 0.0946. The van der Waals surface area contributed by atoms with Crippen molar-refractivity contribution in [2.45, 2.75) is 6.92 Å². The number of nitro groups is 1. The lowest BCUT2D eigenvalue weighted by atomic mass is 9.92. The van der Waals surface area contributed by atoms with Crippen LogP contribution in [0, 0.1) is 17.0 Å². The van der Waals surface area contributed by atoms with Crippen molar-refractivity contribution < 1.29 is 35.9 Å². The van der Waals surface area contributed by atoms with Gasteiger partial charge in [-0.25, -0.2) is 8.42 Å². The summed E-state index contributed by atoms with van der Waals surface area (Å²) in [4.78, 5) is 25.4. The number of furan rings is 1. The van der Waals surface area contributed by atoms with Crippen molar-refractivity contribution in [3.63, 3.8) is 0 Å². The number of carbonyl (C=O) groups excluding carboxylic acids is 1. The van der Waals surface area contributed by atoms with Crippen LogP contribution in [-0.2, 0) is 21.6 Å². The fourth-order valence-electron chi connectivity index (χ4n) is 3.69. The van der Waals surface area contributed by atoms with E-state index in [0.29, 0.717) is 22.5 Å². The van der Waals surface area contributed by atoms with Gasteiger partial charge in [-0.3, -0.25) is 19.1 Å². The summed E-state index contributed by atoms with van der Waals surface area (Å²) in [7, 11) is -1.87. The lowest BCUT2D eigenvalue weighted by molar-refractivity contribution is -0.669. The summed E-state index contributed by atoms with van der Waals surface area (Å²) in [5.41, 5.74) is 2.44. The van der Waals surface area contributed by atoms with Crippen LogP contribution in [0.2, 0.25) is 0 Å². The van der Waals surface area contributed by atoms with Crippen LogP contribution in [0.15, 0.2) is 83.5 Å². The van der Waals surface area contributed by atoms with E-state index in [0.717, 1.165) is 7.11 Å². The minimum Gasteiger partial charge on any atom is -0.726 e. The molecule has 0 aliphatic carbocycles. The number of carbonyl (C=O) groups is 1. The zero-order valence-corrected chi connectivity index (χ0v) is 20.4. The molecule has 0 spiro atoms. The van der Waals surface area contributed by atoms with Gasteiger partial charge in [0.2, 0.25) is 10.4 Å². The highest BCUT2D eigenvalue weighted by Gasteiger charge is 2.39. The monoisotopic (exact) mass is 510 g/mol. The van der Waals surface area contributed by atoms with Gasteiger partial charge in [-0.2, -0.15) is 4.57 Å². The normalized spacial score (nSPS) is 10.9. The van der Waals surface area contributed by atoms with Gasteiger partial charge in [0.1, 0.15) is 23.9 Å². The largest absolute Gasteiger partial charge is 0.726 e. The minimum absolute atomic E-state index is 0.163. The van der Waals surface area contributed by atoms with Gasteiger partial charge in [0.15, 0.2) is 11.5 Å². The molecule has 0 amide bonds. The molecule has 186 valence electrons. The molecule has 11 heteroatoms. The third-order valence-electron chi connectivity index (χ3n) is 5.38. The first-order valence-electron chi connectivity index (χ1n) is 10.5. The van der Waals surface area contributed by atoms with E-state index >= 15 is 0 Å². The van der Waals surface area contributed by atoms with Crippen molar-refractivity contribution in [2.75, 3.05) is 7.11 Å². The molecule has 0 fully saturated rings. The summed E-state index contributed by atoms with van der Waals surface area (Å²) in [5, 5.41) is 12.3. The number of benzene rings is 2. The number of hydrogen-bond acceptors (Lipinski definition) is 8. The maximum atomic E-state index is 13.5. The van der Waals surface area contributed by atoms with Gasteiger partial charge in [-0.05, 0) is 24.3 Å². The number of pyridine rings is 1. The summed E-state index contributed by atoms with van der Waals surface area (Å²) in [5.74, 6) is -0.0142. The zero-order valence-electron chi connectivity index (χ0n) is 19.6. The molecule has 0 atom stereocenters. The van der Waals surface area contributed by atoms with Gasteiger partial charge >= 0.3 is 5.69 Å². The summed E-state index contributed by atoms with van der Waals surface area (Å²) in [6, 6.07) is 21.2. The molecule has 10 nitrogen and oxygen atoms in total. The SMILES string of the molecule is COS(=O)(=O)[O-].Cc1c(C(=O)c2ccccc2)c(-c2ccco2)c([N+](=O)[O-])c(-c2ccccc2)[n+]1C. The number of ketones is 1. The first kappa shape index (κ1) is 26.4. The maximum Gasteiger partial charge on any atom is 0.352 e. The summed E-state index contributed by atoms with van der Waals surface area (Å²) < 4.78 is 38.3. The molecule has 0 radical (unpaired) electrons.